The molecule has 2 atom stereocenters. The molecule has 1 unspecified atom stereocenters. The molecule has 3 nitrogen and oxygen atoms in total. The van der Waals surface area contributed by atoms with E-state index in [2.05, 4.69) is 5.32 Å². The average Bonchev–Trinajstić information content (AvgIpc) is 2.48. The molecule has 130 valence electrons. The molecule has 0 saturated heterocycles. The van der Waals surface area contributed by atoms with E-state index in [0.29, 0.717) is 19.3 Å². The number of carbonyl (C=O) groups is 1. The van der Waals surface area contributed by atoms with Gasteiger partial charge >= 0.3 is 12.1 Å². The molecule has 6 heteroatoms. The molecule has 0 amide bonds. The number of nitrogens with one attached hydrogen (secondary N) is 1. The third kappa shape index (κ3) is 7.03. The Morgan fingerprint density at radius 1 is 1.22 bits per heavy atom. The molecule has 1 rings (SSSR count). The van der Waals surface area contributed by atoms with Gasteiger partial charge in [-0.05, 0) is 43.9 Å². The summed E-state index contributed by atoms with van der Waals surface area (Å²) in [5, 5.41) is 12.2. The summed E-state index contributed by atoms with van der Waals surface area (Å²) in [6, 6.07) is 4.51. The SMILES string of the molecule is CCCC[C@H](NC(C)CCc1ccc(C(F)(F)F)cc1)C(=O)O. The molecule has 0 aromatic heterocycles. The summed E-state index contributed by atoms with van der Waals surface area (Å²) in [4.78, 5) is 11.2. The molecule has 0 fully saturated rings. The predicted molar refractivity (Wildman–Crippen MR) is 83.3 cm³/mol. The summed E-state index contributed by atoms with van der Waals surface area (Å²) < 4.78 is 37.5. The minimum atomic E-state index is -4.32. The Balaban J connectivity index is 2.48. The summed E-state index contributed by atoms with van der Waals surface area (Å²) in [6.07, 6.45) is -0.688. The van der Waals surface area contributed by atoms with Crippen LogP contribution in [0.3, 0.4) is 0 Å². The number of aryl methyl sites for hydroxylation is 1. The molecule has 23 heavy (non-hydrogen) atoms. The van der Waals surface area contributed by atoms with Crippen LogP contribution in [-0.4, -0.2) is 23.2 Å². The molecular weight excluding hydrogens is 307 g/mol. The number of unbranched alkanes of at least 4 members (excludes halogenated alkanes) is 1. The van der Waals surface area contributed by atoms with Gasteiger partial charge in [0.15, 0.2) is 0 Å². The number of rotatable bonds is 9. The van der Waals surface area contributed by atoms with Crippen molar-refractivity contribution in [1.29, 1.82) is 0 Å². The lowest BCUT2D eigenvalue weighted by Crippen LogP contribution is -2.42. The molecule has 0 heterocycles. The first-order valence-electron chi connectivity index (χ1n) is 7.89. The number of hydrogen-bond donors (Lipinski definition) is 2. The number of alkyl halides is 3. The van der Waals surface area contributed by atoms with E-state index >= 15 is 0 Å². The van der Waals surface area contributed by atoms with Crippen LogP contribution >= 0.6 is 0 Å². The molecule has 2 N–H and O–H groups in total. The maximum atomic E-state index is 12.5. The lowest BCUT2D eigenvalue weighted by atomic mass is 10.0. The lowest BCUT2D eigenvalue weighted by molar-refractivity contribution is -0.140. The molecule has 0 bridgehead atoms. The van der Waals surface area contributed by atoms with Gasteiger partial charge in [-0.15, -0.1) is 0 Å². The highest BCUT2D eigenvalue weighted by atomic mass is 19.4. The van der Waals surface area contributed by atoms with Gasteiger partial charge in [0, 0.05) is 6.04 Å². The summed E-state index contributed by atoms with van der Waals surface area (Å²) in [5.41, 5.74) is 0.157. The second-order valence-corrected chi connectivity index (χ2v) is 5.83. The van der Waals surface area contributed by atoms with E-state index in [1.807, 2.05) is 13.8 Å². The van der Waals surface area contributed by atoms with Crippen LogP contribution in [0, 0.1) is 0 Å². The van der Waals surface area contributed by atoms with Crippen molar-refractivity contribution < 1.29 is 23.1 Å². The van der Waals surface area contributed by atoms with Gasteiger partial charge < -0.3 is 10.4 Å². The Labute approximate surface area is 134 Å². The minimum absolute atomic E-state index is 0.0183. The predicted octanol–water partition coefficient (Wildman–Crippen LogP) is 4.26. The number of halogens is 3. The van der Waals surface area contributed by atoms with Gasteiger partial charge in [0.2, 0.25) is 0 Å². The summed E-state index contributed by atoms with van der Waals surface area (Å²) in [6.45, 7) is 3.90. The lowest BCUT2D eigenvalue weighted by Gasteiger charge is -2.20. The van der Waals surface area contributed by atoms with Crippen LogP contribution in [-0.2, 0) is 17.4 Å². The van der Waals surface area contributed by atoms with E-state index in [9.17, 15) is 23.1 Å². The monoisotopic (exact) mass is 331 g/mol. The fourth-order valence-electron chi connectivity index (χ4n) is 2.36. The van der Waals surface area contributed by atoms with Crippen LogP contribution in [0.2, 0.25) is 0 Å². The molecule has 1 aromatic carbocycles. The third-order valence-electron chi connectivity index (χ3n) is 3.78. The van der Waals surface area contributed by atoms with Crippen molar-refractivity contribution in [2.75, 3.05) is 0 Å². The van der Waals surface area contributed by atoms with Gasteiger partial charge in [-0.25, -0.2) is 0 Å². The maximum Gasteiger partial charge on any atom is 0.416 e. The summed E-state index contributed by atoms with van der Waals surface area (Å²) >= 11 is 0. The first kappa shape index (κ1) is 19.5. The van der Waals surface area contributed by atoms with Crippen molar-refractivity contribution in [1.82, 2.24) is 5.32 Å². The highest BCUT2D eigenvalue weighted by Gasteiger charge is 2.29. The van der Waals surface area contributed by atoms with Crippen LogP contribution in [0.15, 0.2) is 24.3 Å². The van der Waals surface area contributed by atoms with Gasteiger partial charge in [0.05, 0.1) is 5.56 Å². The third-order valence-corrected chi connectivity index (χ3v) is 3.78. The van der Waals surface area contributed by atoms with Crippen LogP contribution in [0.25, 0.3) is 0 Å². The molecule has 0 aliphatic carbocycles. The Hall–Kier alpha value is -1.56. The van der Waals surface area contributed by atoms with E-state index in [-0.39, 0.29) is 6.04 Å². The topological polar surface area (TPSA) is 49.3 Å². The smallest absolute Gasteiger partial charge is 0.416 e. The Morgan fingerprint density at radius 2 is 1.83 bits per heavy atom. The molecule has 0 radical (unpaired) electrons. The van der Waals surface area contributed by atoms with Crippen molar-refractivity contribution in [2.45, 2.75) is 64.2 Å². The van der Waals surface area contributed by atoms with Crippen molar-refractivity contribution >= 4 is 5.97 Å². The van der Waals surface area contributed by atoms with Gasteiger partial charge in [-0.1, -0.05) is 31.9 Å². The number of carboxylic acid groups (broad SMARTS) is 1. The molecular formula is C17H24F3NO2. The molecule has 0 spiro atoms. The van der Waals surface area contributed by atoms with Gasteiger partial charge in [0.1, 0.15) is 6.04 Å². The van der Waals surface area contributed by atoms with Crippen molar-refractivity contribution in [3.05, 3.63) is 35.4 Å². The fourth-order valence-corrected chi connectivity index (χ4v) is 2.36. The number of hydrogen-bond acceptors (Lipinski definition) is 2. The van der Waals surface area contributed by atoms with Crippen LogP contribution in [0.4, 0.5) is 13.2 Å². The largest absolute Gasteiger partial charge is 0.480 e. The Bertz CT molecular complexity index is 486. The van der Waals surface area contributed by atoms with Crippen LogP contribution < -0.4 is 5.32 Å². The zero-order valence-electron chi connectivity index (χ0n) is 13.5. The molecule has 1 aromatic rings. The van der Waals surface area contributed by atoms with Gasteiger partial charge in [-0.2, -0.15) is 13.2 Å². The first-order chi connectivity index (χ1) is 10.7. The molecule has 0 aliphatic rings. The van der Waals surface area contributed by atoms with Crippen molar-refractivity contribution in [2.24, 2.45) is 0 Å². The van der Waals surface area contributed by atoms with Crippen molar-refractivity contribution in [3.8, 4) is 0 Å². The Morgan fingerprint density at radius 3 is 2.30 bits per heavy atom. The second-order valence-electron chi connectivity index (χ2n) is 5.83. The fraction of sp³-hybridized carbons (Fsp3) is 0.588. The quantitative estimate of drug-likeness (QED) is 0.711. The zero-order valence-corrected chi connectivity index (χ0v) is 13.5. The first-order valence-corrected chi connectivity index (χ1v) is 7.89. The number of benzene rings is 1. The van der Waals surface area contributed by atoms with E-state index in [1.165, 1.54) is 12.1 Å². The van der Waals surface area contributed by atoms with E-state index in [4.69, 9.17) is 0 Å². The van der Waals surface area contributed by atoms with Crippen LogP contribution in [0.1, 0.15) is 50.7 Å². The highest BCUT2D eigenvalue weighted by molar-refractivity contribution is 5.73. The van der Waals surface area contributed by atoms with Gasteiger partial charge in [-0.3, -0.25) is 4.79 Å². The maximum absolute atomic E-state index is 12.5. The minimum Gasteiger partial charge on any atom is -0.480 e. The number of carboxylic acids is 1. The summed E-state index contributed by atoms with van der Waals surface area (Å²) in [7, 11) is 0. The van der Waals surface area contributed by atoms with Crippen LogP contribution in [0.5, 0.6) is 0 Å². The van der Waals surface area contributed by atoms with E-state index in [1.54, 1.807) is 0 Å². The standard InChI is InChI=1S/C17H24F3NO2/c1-3-4-5-15(16(22)23)21-12(2)6-7-13-8-10-14(11-9-13)17(18,19)20/h8-12,15,21H,3-7H2,1-2H3,(H,22,23)/t12?,15-/m0/s1. The highest BCUT2D eigenvalue weighted by Crippen LogP contribution is 2.29. The second kappa shape index (κ2) is 8.91. The molecule has 0 aliphatic heterocycles. The Kier molecular flexibility index (Phi) is 7.55. The van der Waals surface area contributed by atoms with E-state index in [0.717, 1.165) is 30.5 Å². The number of aliphatic carboxylic acids is 1. The zero-order chi connectivity index (χ0) is 17.5. The molecule has 0 saturated carbocycles. The van der Waals surface area contributed by atoms with Gasteiger partial charge in [0.25, 0.3) is 0 Å². The average molecular weight is 331 g/mol. The normalized spacial score (nSPS) is 14.5. The van der Waals surface area contributed by atoms with Crippen molar-refractivity contribution in [3.63, 3.8) is 0 Å². The van der Waals surface area contributed by atoms with E-state index < -0.39 is 23.8 Å². The summed E-state index contributed by atoms with van der Waals surface area (Å²) in [5.74, 6) is -0.861.